The van der Waals surface area contributed by atoms with Gasteiger partial charge in [-0.1, -0.05) is 25.1 Å². The number of ether oxygens (including phenoxy) is 1. The van der Waals surface area contributed by atoms with Crippen LogP contribution in [0.4, 0.5) is 0 Å². The predicted molar refractivity (Wildman–Crippen MR) is 82.9 cm³/mol. The van der Waals surface area contributed by atoms with Crippen molar-refractivity contribution in [3.63, 3.8) is 0 Å². The Morgan fingerprint density at radius 1 is 1.47 bits per heavy atom. The Hall–Kier alpha value is -0.710. The number of hydrogen-bond donors (Lipinski definition) is 1. The molecule has 0 bridgehead atoms. The van der Waals surface area contributed by atoms with E-state index < -0.39 is 0 Å². The van der Waals surface area contributed by atoms with Crippen LogP contribution in [0.25, 0.3) is 0 Å². The van der Waals surface area contributed by atoms with Crippen LogP contribution in [0.15, 0.2) is 24.3 Å². The Kier molecular flexibility index (Phi) is 5.55. The molecule has 0 radical (unpaired) electrons. The van der Waals surface area contributed by atoms with Crippen LogP contribution in [0.1, 0.15) is 24.9 Å². The average molecular weight is 280 g/mol. The molecule has 1 saturated heterocycles. The van der Waals surface area contributed by atoms with Crippen LogP contribution in [0.2, 0.25) is 0 Å². The highest BCUT2D eigenvalue weighted by Crippen LogP contribution is 2.32. The molecule has 0 spiro atoms. The highest BCUT2D eigenvalue weighted by Gasteiger charge is 2.27. The molecule has 1 aromatic carbocycles. The zero-order valence-corrected chi connectivity index (χ0v) is 12.7. The Balaban J connectivity index is 2.19. The zero-order chi connectivity index (χ0) is 13.7. The first-order valence-electron chi connectivity index (χ1n) is 6.98. The molecule has 4 heteroatoms. The van der Waals surface area contributed by atoms with Gasteiger partial charge < -0.3 is 10.5 Å². The molecule has 2 rings (SSSR count). The molecule has 19 heavy (non-hydrogen) atoms. The second-order valence-corrected chi connectivity index (χ2v) is 6.30. The van der Waals surface area contributed by atoms with Gasteiger partial charge in [0.2, 0.25) is 0 Å². The number of rotatable bonds is 5. The molecule has 0 aliphatic carbocycles. The minimum atomic E-state index is 0.270. The van der Waals surface area contributed by atoms with Gasteiger partial charge in [-0.2, -0.15) is 11.8 Å². The fourth-order valence-electron chi connectivity index (χ4n) is 2.69. The van der Waals surface area contributed by atoms with E-state index in [0.29, 0.717) is 6.54 Å². The third kappa shape index (κ3) is 3.44. The Labute approximate surface area is 120 Å². The molecule has 0 aromatic heterocycles. The molecule has 2 unspecified atom stereocenters. The summed E-state index contributed by atoms with van der Waals surface area (Å²) in [6.07, 6.45) is 1.23. The van der Waals surface area contributed by atoms with Crippen molar-refractivity contribution in [1.82, 2.24) is 4.90 Å². The molecule has 2 atom stereocenters. The SMILES string of the molecule is CCC1CN(C(CN)c2ccccc2OC)CCS1. The molecule has 1 aliphatic rings. The second-order valence-electron chi connectivity index (χ2n) is 4.89. The number of benzene rings is 1. The van der Waals surface area contributed by atoms with E-state index in [2.05, 4.69) is 35.7 Å². The summed E-state index contributed by atoms with van der Waals surface area (Å²) in [4.78, 5) is 2.52. The van der Waals surface area contributed by atoms with E-state index in [9.17, 15) is 0 Å². The number of nitrogens with zero attached hydrogens (tertiary/aromatic N) is 1. The molecule has 106 valence electrons. The summed E-state index contributed by atoms with van der Waals surface area (Å²) >= 11 is 2.09. The lowest BCUT2D eigenvalue weighted by Gasteiger charge is -2.38. The van der Waals surface area contributed by atoms with E-state index in [1.807, 2.05) is 12.1 Å². The summed E-state index contributed by atoms with van der Waals surface area (Å²) in [5, 5.41) is 0.734. The highest BCUT2D eigenvalue weighted by molar-refractivity contribution is 8.00. The quantitative estimate of drug-likeness (QED) is 0.899. The lowest BCUT2D eigenvalue weighted by molar-refractivity contribution is 0.203. The normalized spacial score (nSPS) is 22.2. The van der Waals surface area contributed by atoms with Crippen molar-refractivity contribution in [3.05, 3.63) is 29.8 Å². The van der Waals surface area contributed by atoms with Gasteiger partial charge in [-0.25, -0.2) is 0 Å². The predicted octanol–water partition coefficient (Wildman–Crippen LogP) is 2.52. The number of hydrogen-bond acceptors (Lipinski definition) is 4. The van der Waals surface area contributed by atoms with Crippen LogP contribution in [-0.4, -0.2) is 42.6 Å². The fraction of sp³-hybridized carbons (Fsp3) is 0.600. The van der Waals surface area contributed by atoms with Gasteiger partial charge in [0, 0.05) is 36.2 Å². The van der Waals surface area contributed by atoms with E-state index >= 15 is 0 Å². The molecule has 0 saturated carbocycles. The Bertz CT molecular complexity index is 399. The van der Waals surface area contributed by atoms with Gasteiger partial charge in [0.05, 0.1) is 13.2 Å². The van der Waals surface area contributed by atoms with Gasteiger partial charge in [0.15, 0.2) is 0 Å². The largest absolute Gasteiger partial charge is 0.496 e. The molecule has 3 nitrogen and oxygen atoms in total. The summed E-state index contributed by atoms with van der Waals surface area (Å²) in [6.45, 7) is 5.14. The van der Waals surface area contributed by atoms with Gasteiger partial charge in [0.1, 0.15) is 5.75 Å². The number of thioether (sulfide) groups is 1. The van der Waals surface area contributed by atoms with Crippen molar-refractivity contribution >= 4 is 11.8 Å². The molecule has 1 aromatic rings. The van der Waals surface area contributed by atoms with E-state index in [1.54, 1.807) is 7.11 Å². The lowest BCUT2D eigenvalue weighted by Crippen LogP contribution is -2.42. The summed E-state index contributed by atoms with van der Waals surface area (Å²) in [5.41, 5.74) is 7.26. The zero-order valence-electron chi connectivity index (χ0n) is 11.8. The third-order valence-corrected chi connectivity index (χ3v) is 5.16. The Morgan fingerprint density at radius 3 is 2.95 bits per heavy atom. The van der Waals surface area contributed by atoms with Gasteiger partial charge in [-0.3, -0.25) is 4.90 Å². The van der Waals surface area contributed by atoms with Gasteiger partial charge >= 0.3 is 0 Å². The van der Waals surface area contributed by atoms with E-state index in [1.165, 1.54) is 17.7 Å². The van der Waals surface area contributed by atoms with Gasteiger partial charge in [-0.15, -0.1) is 0 Å². The maximum Gasteiger partial charge on any atom is 0.123 e. The maximum atomic E-state index is 6.04. The van der Waals surface area contributed by atoms with Crippen molar-refractivity contribution in [3.8, 4) is 5.75 Å². The van der Waals surface area contributed by atoms with E-state index in [4.69, 9.17) is 10.5 Å². The van der Waals surface area contributed by atoms with Crippen LogP contribution < -0.4 is 10.5 Å². The first-order chi connectivity index (χ1) is 9.30. The van der Waals surface area contributed by atoms with E-state index in [0.717, 1.165) is 24.1 Å². The standard InChI is InChI=1S/C15H24N2OS/c1-3-12-11-17(8-9-19-12)14(10-16)13-6-4-5-7-15(13)18-2/h4-7,12,14H,3,8-11,16H2,1-2H3. The van der Waals surface area contributed by atoms with Crippen molar-refractivity contribution in [2.24, 2.45) is 5.73 Å². The van der Waals surface area contributed by atoms with Crippen molar-refractivity contribution in [2.45, 2.75) is 24.6 Å². The van der Waals surface area contributed by atoms with Crippen molar-refractivity contribution in [1.29, 1.82) is 0 Å². The van der Waals surface area contributed by atoms with Crippen LogP contribution in [-0.2, 0) is 0 Å². The van der Waals surface area contributed by atoms with Crippen LogP contribution in [0.5, 0.6) is 5.75 Å². The molecule has 0 amide bonds. The number of methoxy groups -OCH3 is 1. The minimum Gasteiger partial charge on any atom is -0.496 e. The molecule has 1 fully saturated rings. The van der Waals surface area contributed by atoms with Gasteiger partial charge in [0.25, 0.3) is 0 Å². The molecule has 2 N–H and O–H groups in total. The smallest absolute Gasteiger partial charge is 0.123 e. The summed E-state index contributed by atoms with van der Waals surface area (Å²) in [6, 6.07) is 8.51. The summed E-state index contributed by atoms with van der Waals surface area (Å²) in [5.74, 6) is 2.15. The summed E-state index contributed by atoms with van der Waals surface area (Å²) in [7, 11) is 1.73. The number of nitrogens with two attached hydrogens (primary N) is 1. The highest BCUT2D eigenvalue weighted by atomic mass is 32.2. The lowest BCUT2D eigenvalue weighted by atomic mass is 10.0. The number of para-hydroxylation sites is 1. The summed E-state index contributed by atoms with van der Waals surface area (Å²) < 4.78 is 5.48. The fourth-order valence-corrected chi connectivity index (χ4v) is 3.89. The average Bonchev–Trinajstić information content (AvgIpc) is 2.49. The second kappa shape index (κ2) is 7.17. The van der Waals surface area contributed by atoms with Gasteiger partial charge in [-0.05, 0) is 12.5 Å². The van der Waals surface area contributed by atoms with E-state index in [-0.39, 0.29) is 6.04 Å². The minimum absolute atomic E-state index is 0.270. The Morgan fingerprint density at radius 2 is 2.26 bits per heavy atom. The molecular weight excluding hydrogens is 256 g/mol. The molecule has 1 heterocycles. The first kappa shape index (κ1) is 14.7. The molecule has 1 aliphatic heterocycles. The molecular formula is C15H24N2OS. The van der Waals surface area contributed by atoms with Crippen LogP contribution >= 0.6 is 11.8 Å². The van der Waals surface area contributed by atoms with Crippen molar-refractivity contribution < 1.29 is 4.74 Å². The first-order valence-corrected chi connectivity index (χ1v) is 8.03. The maximum absolute atomic E-state index is 6.04. The monoisotopic (exact) mass is 280 g/mol. The van der Waals surface area contributed by atoms with Crippen molar-refractivity contribution in [2.75, 3.05) is 32.5 Å². The topological polar surface area (TPSA) is 38.5 Å². The van der Waals surface area contributed by atoms with Crippen LogP contribution in [0, 0.1) is 0 Å². The third-order valence-electron chi connectivity index (χ3n) is 3.79. The van der Waals surface area contributed by atoms with Crippen LogP contribution in [0.3, 0.4) is 0 Å².